The minimum atomic E-state index is -0.186. The summed E-state index contributed by atoms with van der Waals surface area (Å²) in [5, 5.41) is 13.5. The van der Waals surface area contributed by atoms with Crippen LogP contribution >= 0.6 is 11.6 Å². The van der Waals surface area contributed by atoms with Gasteiger partial charge in [0.05, 0.1) is 24.3 Å². The molecule has 2 aliphatic carbocycles. The molecule has 4 aromatic rings. The predicted molar refractivity (Wildman–Crippen MR) is 207 cm³/mol. The zero-order chi connectivity index (χ0) is 36.7. The van der Waals surface area contributed by atoms with Crippen LogP contribution in [0.5, 0.6) is 17.2 Å². The van der Waals surface area contributed by atoms with E-state index < -0.39 is 0 Å². The van der Waals surface area contributed by atoms with Crippen LogP contribution in [-0.4, -0.2) is 43.5 Å². The normalized spacial score (nSPS) is 17.8. The van der Waals surface area contributed by atoms with Crippen molar-refractivity contribution in [1.82, 2.24) is 10.2 Å². The number of fused-ring (bicyclic) bond motifs is 1. The third-order valence-corrected chi connectivity index (χ3v) is 11.0. The maximum atomic E-state index is 11.8. The lowest BCUT2D eigenvalue weighted by atomic mass is 9.93. The van der Waals surface area contributed by atoms with Gasteiger partial charge < -0.3 is 24.4 Å². The van der Waals surface area contributed by atoms with Gasteiger partial charge in [-0.2, -0.15) is 5.26 Å². The van der Waals surface area contributed by atoms with Crippen molar-refractivity contribution in [3.8, 4) is 34.4 Å². The maximum absolute atomic E-state index is 11.8. The number of ether oxygens (including phenoxy) is 3. The molecule has 1 saturated heterocycles. The second-order valence-electron chi connectivity index (χ2n) is 14.4. The molecule has 53 heavy (non-hydrogen) atoms. The Morgan fingerprint density at radius 3 is 2.62 bits per heavy atom. The van der Waals surface area contributed by atoms with Crippen LogP contribution in [0, 0.1) is 30.7 Å². The van der Waals surface area contributed by atoms with Gasteiger partial charge in [0.15, 0.2) is 5.69 Å². The Kier molecular flexibility index (Phi) is 11.6. The highest BCUT2D eigenvalue weighted by Gasteiger charge is 2.29. The summed E-state index contributed by atoms with van der Waals surface area (Å²) in [6.07, 6.45) is 6.01. The predicted octanol–water partition coefficient (Wildman–Crippen LogP) is 9.32. The number of benzene rings is 4. The zero-order valence-electron chi connectivity index (χ0n) is 30.3. The SMILES string of the molecule is [C-]#[N+]c1cc(C#N)cc(COc2cc(O[C@H]3CCc4c(-c5cccc(OCCCN6CCC6)c5C)cccc43)c(Cl)cc2CNC[C@H]2CCC(=O)C2)c1. The van der Waals surface area contributed by atoms with Gasteiger partial charge in [-0.3, -0.25) is 4.79 Å². The third-order valence-electron chi connectivity index (χ3n) is 10.7. The molecule has 2 atom stereocenters. The lowest BCUT2D eigenvalue weighted by Crippen LogP contribution is -2.38. The molecule has 1 N–H and O–H groups in total. The molecule has 4 aromatic carbocycles. The van der Waals surface area contributed by atoms with Gasteiger partial charge >= 0.3 is 0 Å². The number of nitriles is 1. The van der Waals surface area contributed by atoms with Gasteiger partial charge in [0, 0.05) is 43.1 Å². The molecule has 2 fully saturated rings. The molecule has 272 valence electrons. The number of ketones is 1. The number of Topliss-reactive ketones (excluding diaryl/α,β-unsaturated/α-hetero) is 1. The topological polar surface area (TPSA) is 88.2 Å². The number of hydrogen-bond acceptors (Lipinski definition) is 7. The van der Waals surface area contributed by atoms with Crippen LogP contribution in [0.3, 0.4) is 0 Å². The van der Waals surface area contributed by atoms with Crippen molar-refractivity contribution in [1.29, 1.82) is 5.26 Å². The van der Waals surface area contributed by atoms with Crippen LogP contribution in [-0.2, 0) is 24.4 Å². The quantitative estimate of drug-likeness (QED) is 0.0964. The van der Waals surface area contributed by atoms with Gasteiger partial charge in [-0.25, -0.2) is 4.85 Å². The maximum Gasteiger partial charge on any atom is 0.188 e. The average Bonchev–Trinajstić information content (AvgIpc) is 3.77. The van der Waals surface area contributed by atoms with E-state index in [1.807, 2.05) is 12.1 Å². The van der Waals surface area contributed by atoms with E-state index in [9.17, 15) is 10.1 Å². The summed E-state index contributed by atoms with van der Waals surface area (Å²) in [6.45, 7) is 15.2. The molecule has 8 nitrogen and oxygen atoms in total. The van der Waals surface area contributed by atoms with E-state index in [1.165, 1.54) is 36.2 Å². The summed E-state index contributed by atoms with van der Waals surface area (Å²) in [5.74, 6) is 2.73. The number of carbonyl (C=O) groups is 1. The number of likely N-dealkylation sites (tertiary alicyclic amines) is 1. The van der Waals surface area contributed by atoms with Crippen molar-refractivity contribution >= 4 is 23.1 Å². The Balaban J connectivity index is 1.09. The van der Waals surface area contributed by atoms with E-state index in [2.05, 4.69) is 64.5 Å². The lowest BCUT2D eigenvalue weighted by molar-refractivity contribution is -0.117. The van der Waals surface area contributed by atoms with E-state index >= 15 is 0 Å². The molecule has 0 bridgehead atoms. The average molecular weight is 729 g/mol. The van der Waals surface area contributed by atoms with Crippen molar-refractivity contribution in [3.63, 3.8) is 0 Å². The van der Waals surface area contributed by atoms with Crippen molar-refractivity contribution in [2.75, 3.05) is 32.8 Å². The first kappa shape index (κ1) is 36.5. The fourth-order valence-electron chi connectivity index (χ4n) is 7.75. The summed E-state index contributed by atoms with van der Waals surface area (Å²) >= 11 is 6.94. The number of carbonyl (C=O) groups excluding carboxylic acids is 1. The smallest absolute Gasteiger partial charge is 0.188 e. The Morgan fingerprint density at radius 2 is 1.85 bits per heavy atom. The Bertz CT molecular complexity index is 2030. The van der Waals surface area contributed by atoms with Gasteiger partial charge in [-0.15, -0.1) is 0 Å². The summed E-state index contributed by atoms with van der Waals surface area (Å²) < 4.78 is 19.4. The summed E-state index contributed by atoms with van der Waals surface area (Å²) in [7, 11) is 0. The van der Waals surface area contributed by atoms with E-state index in [0.29, 0.717) is 65.5 Å². The summed E-state index contributed by atoms with van der Waals surface area (Å²) in [6, 6.07) is 23.7. The highest BCUT2D eigenvalue weighted by atomic mass is 35.5. The Morgan fingerprint density at radius 1 is 1.00 bits per heavy atom. The minimum absolute atomic E-state index is 0.166. The molecule has 3 aliphatic rings. The molecule has 0 aromatic heterocycles. The standard InChI is InChI=1S/C44H45ClN4O4/c1-29-36(7-4-10-41(29)51-18-6-17-49-15-5-16-49)37-8-3-9-39-38(37)13-14-42(39)53-44-24-43(52-28-32-19-31(25-46)20-34(21-32)47-2)33(23-40(44)45)27-48-26-30-11-12-35(50)22-30/h3-4,7-10,19-21,23-24,30,42,48H,5-6,11-18,22,26-28H2,1H3/t30-,42-/m0/s1. The van der Waals surface area contributed by atoms with Crippen LogP contribution in [0.4, 0.5) is 5.69 Å². The molecule has 7 rings (SSSR count). The van der Waals surface area contributed by atoms with E-state index in [-0.39, 0.29) is 12.7 Å². The molecular formula is C44H45ClN4O4. The molecule has 0 amide bonds. The second-order valence-corrected chi connectivity index (χ2v) is 14.8. The molecule has 1 heterocycles. The van der Waals surface area contributed by atoms with Crippen molar-refractivity contribution in [2.24, 2.45) is 5.92 Å². The first-order valence-electron chi connectivity index (χ1n) is 18.7. The number of rotatable bonds is 15. The Hall–Kier alpha value is -4.86. The second kappa shape index (κ2) is 16.9. The number of halogens is 1. The molecule has 0 unspecified atom stereocenters. The van der Waals surface area contributed by atoms with Gasteiger partial charge in [0.25, 0.3) is 0 Å². The van der Waals surface area contributed by atoms with E-state index in [4.69, 9.17) is 32.4 Å². The Labute approximate surface area is 317 Å². The van der Waals surface area contributed by atoms with Gasteiger partial charge in [-0.05, 0) is 128 Å². The van der Waals surface area contributed by atoms with Crippen molar-refractivity contribution < 1.29 is 19.0 Å². The molecule has 1 saturated carbocycles. The highest BCUT2D eigenvalue weighted by molar-refractivity contribution is 6.32. The largest absolute Gasteiger partial charge is 0.493 e. The van der Waals surface area contributed by atoms with Crippen LogP contribution in [0.1, 0.15) is 78.0 Å². The third kappa shape index (κ3) is 8.69. The molecule has 9 heteroatoms. The number of nitrogens with zero attached hydrogens (tertiary/aromatic N) is 3. The fraction of sp³-hybridized carbons (Fsp3) is 0.386. The summed E-state index contributed by atoms with van der Waals surface area (Å²) in [5.41, 5.74) is 8.35. The van der Waals surface area contributed by atoms with Gasteiger partial charge in [0.1, 0.15) is 35.7 Å². The van der Waals surface area contributed by atoms with E-state index in [1.54, 1.807) is 18.2 Å². The highest BCUT2D eigenvalue weighted by Crippen LogP contribution is 2.44. The van der Waals surface area contributed by atoms with Gasteiger partial charge in [-0.1, -0.05) is 41.9 Å². The molecule has 0 spiro atoms. The lowest BCUT2D eigenvalue weighted by Gasteiger charge is -2.30. The minimum Gasteiger partial charge on any atom is -0.493 e. The van der Waals surface area contributed by atoms with Crippen LogP contribution in [0.25, 0.3) is 16.0 Å². The first-order valence-corrected chi connectivity index (χ1v) is 19.1. The molecule has 1 aliphatic heterocycles. The fourth-order valence-corrected chi connectivity index (χ4v) is 7.98. The molecular weight excluding hydrogens is 684 g/mol. The van der Waals surface area contributed by atoms with Crippen LogP contribution in [0.15, 0.2) is 66.7 Å². The van der Waals surface area contributed by atoms with Crippen molar-refractivity contribution in [2.45, 2.75) is 71.1 Å². The van der Waals surface area contributed by atoms with Crippen LogP contribution in [0.2, 0.25) is 5.02 Å². The zero-order valence-corrected chi connectivity index (χ0v) is 31.0. The number of nitrogens with one attached hydrogen (secondary N) is 1. The molecule has 0 radical (unpaired) electrons. The van der Waals surface area contributed by atoms with Gasteiger partial charge in [0.2, 0.25) is 0 Å². The van der Waals surface area contributed by atoms with Crippen LogP contribution < -0.4 is 19.5 Å². The first-order chi connectivity index (χ1) is 25.9. The number of hydrogen-bond donors (Lipinski definition) is 1. The monoisotopic (exact) mass is 728 g/mol. The van der Waals surface area contributed by atoms with Crippen molar-refractivity contribution in [3.05, 3.63) is 117 Å². The summed E-state index contributed by atoms with van der Waals surface area (Å²) in [4.78, 5) is 17.8. The van der Waals surface area contributed by atoms with E-state index in [0.717, 1.165) is 66.8 Å².